The average molecular weight is 355 g/mol. The molecule has 138 valence electrons. The number of carbonyl (C=O) groups is 2. The number of piperidine rings is 1. The van der Waals surface area contributed by atoms with Gasteiger partial charge in [-0.15, -0.1) is 0 Å². The number of hydrogen-bond acceptors (Lipinski definition) is 3. The summed E-state index contributed by atoms with van der Waals surface area (Å²) in [7, 11) is 1.90. The van der Waals surface area contributed by atoms with Crippen LogP contribution in [0.4, 0.5) is 0 Å². The van der Waals surface area contributed by atoms with Crippen LogP contribution in [0.5, 0.6) is 0 Å². The molecule has 2 amide bonds. The van der Waals surface area contributed by atoms with E-state index in [-0.39, 0.29) is 23.3 Å². The van der Waals surface area contributed by atoms with Crippen LogP contribution in [0.25, 0.3) is 0 Å². The first kappa shape index (κ1) is 16.9. The van der Waals surface area contributed by atoms with Crippen molar-refractivity contribution in [2.75, 3.05) is 19.6 Å². The number of nitrogens with zero attached hydrogens (tertiary/aromatic N) is 4. The summed E-state index contributed by atoms with van der Waals surface area (Å²) in [5, 5.41) is 4.31. The average Bonchev–Trinajstić information content (AvgIpc) is 3.36. The summed E-state index contributed by atoms with van der Waals surface area (Å²) in [4.78, 5) is 32.3. The quantitative estimate of drug-likeness (QED) is 0.912. The van der Waals surface area contributed by atoms with E-state index in [0.29, 0.717) is 31.7 Å². The van der Waals surface area contributed by atoms with Gasteiger partial charge >= 0.3 is 0 Å². The first-order valence-electron chi connectivity index (χ1n) is 9.27. The molecular weight excluding hydrogens is 330 g/mol. The Morgan fingerprint density at radius 2 is 2.15 bits per heavy atom. The number of aromatic amines is 1. The number of aryl methyl sites for hydroxylation is 1. The summed E-state index contributed by atoms with van der Waals surface area (Å²) >= 11 is 0. The van der Waals surface area contributed by atoms with Crippen LogP contribution < -0.4 is 0 Å². The molecule has 0 aliphatic carbocycles. The molecule has 0 saturated carbocycles. The second kappa shape index (κ2) is 6.30. The first-order valence-corrected chi connectivity index (χ1v) is 9.27. The number of hydrogen-bond donors (Lipinski definition) is 1. The third-order valence-corrected chi connectivity index (χ3v) is 6.05. The lowest BCUT2D eigenvalue weighted by molar-refractivity contribution is -0.132. The van der Waals surface area contributed by atoms with Gasteiger partial charge in [0, 0.05) is 51.4 Å². The molecule has 2 aromatic rings. The van der Waals surface area contributed by atoms with Gasteiger partial charge in [0.2, 0.25) is 5.91 Å². The van der Waals surface area contributed by atoms with E-state index in [0.717, 1.165) is 18.4 Å². The third-order valence-electron chi connectivity index (χ3n) is 6.05. The van der Waals surface area contributed by atoms with Crippen molar-refractivity contribution in [2.45, 2.75) is 37.6 Å². The lowest BCUT2D eigenvalue weighted by Gasteiger charge is -2.47. The maximum atomic E-state index is 12.7. The van der Waals surface area contributed by atoms with Crippen LogP contribution in [-0.4, -0.2) is 61.6 Å². The van der Waals surface area contributed by atoms with E-state index in [1.165, 1.54) is 0 Å². The molecule has 2 fully saturated rings. The van der Waals surface area contributed by atoms with E-state index in [2.05, 4.69) is 10.1 Å². The van der Waals surface area contributed by atoms with Gasteiger partial charge in [-0.2, -0.15) is 5.10 Å². The lowest BCUT2D eigenvalue weighted by Crippen LogP contribution is -2.56. The van der Waals surface area contributed by atoms with E-state index in [1.807, 2.05) is 48.3 Å². The zero-order chi connectivity index (χ0) is 18.3. The number of nitrogens with one attached hydrogen (secondary N) is 1. The van der Waals surface area contributed by atoms with E-state index in [9.17, 15) is 9.59 Å². The molecule has 4 rings (SSSR count). The third kappa shape index (κ3) is 2.53. The van der Waals surface area contributed by atoms with Crippen molar-refractivity contribution < 1.29 is 9.59 Å². The molecule has 2 aromatic heterocycles. The Hall–Kier alpha value is -2.57. The van der Waals surface area contributed by atoms with Gasteiger partial charge in [-0.25, -0.2) is 0 Å². The number of rotatable bonds is 3. The van der Waals surface area contributed by atoms with Crippen LogP contribution in [0.15, 0.2) is 30.7 Å². The molecule has 0 bridgehead atoms. The van der Waals surface area contributed by atoms with Gasteiger partial charge in [-0.05, 0) is 37.5 Å². The normalized spacial score (nSPS) is 22.4. The molecular formula is C19H25N5O2. The molecule has 1 N–H and O–H groups in total. The molecule has 2 aliphatic rings. The van der Waals surface area contributed by atoms with Crippen molar-refractivity contribution in [1.82, 2.24) is 24.6 Å². The van der Waals surface area contributed by atoms with Crippen molar-refractivity contribution in [2.24, 2.45) is 7.05 Å². The van der Waals surface area contributed by atoms with Crippen LogP contribution in [0.1, 0.15) is 48.2 Å². The highest BCUT2D eigenvalue weighted by Crippen LogP contribution is 2.48. The van der Waals surface area contributed by atoms with Crippen LogP contribution in [0, 0.1) is 0 Å². The molecule has 0 radical (unpaired) electrons. The Morgan fingerprint density at radius 1 is 1.38 bits per heavy atom. The van der Waals surface area contributed by atoms with Crippen molar-refractivity contribution in [3.8, 4) is 0 Å². The summed E-state index contributed by atoms with van der Waals surface area (Å²) in [5.74, 6) is 0.395. The highest BCUT2D eigenvalue weighted by Gasteiger charge is 2.54. The largest absolute Gasteiger partial charge is 0.357 e. The number of likely N-dealkylation sites (tertiary alicyclic amines) is 2. The van der Waals surface area contributed by atoms with Crippen molar-refractivity contribution in [3.05, 3.63) is 42.0 Å². The highest BCUT2D eigenvalue weighted by atomic mass is 16.2. The maximum absolute atomic E-state index is 12.7. The number of likely N-dealkylation sites (N-methyl/N-ethyl adjacent to an activating group) is 1. The number of amides is 2. The zero-order valence-corrected chi connectivity index (χ0v) is 15.3. The first-order chi connectivity index (χ1) is 12.5. The molecule has 0 aromatic carbocycles. The van der Waals surface area contributed by atoms with Crippen molar-refractivity contribution in [3.63, 3.8) is 0 Å². The Kier molecular flexibility index (Phi) is 4.09. The zero-order valence-electron chi connectivity index (χ0n) is 15.3. The molecule has 7 nitrogen and oxygen atoms in total. The van der Waals surface area contributed by atoms with Gasteiger partial charge in [0.05, 0.1) is 11.7 Å². The van der Waals surface area contributed by atoms with Crippen molar-refractivity contribution >= 4 is 11.8 Å². The summed E-state index contributed by atoms with van der Waals surface area (Å²) < 4.78 is 1.80. The lowest BCUT2D eigenvalue weighted by atomic mass is 9.74. The standard InChI is InChI=1S/C19H25N5O2/c1-3-24-17(25)11-15(14-12-21-22(2)13-14)19(24)6-9-23(10-7-19)18(26)16-5-4-8-20-16/h4-5,8,12-13,15,20H,3,6-7,9-11H2,1-2H3. The molecule has 4 heterocycles. The van der Waals surface area contributed by atoms with Gasteiger partial charge in [-0.1, -0.05) is 0 Å². The predicted molar refractivity (Wildman–Crippen MR) is 96.6 cm³/mol. The van der Waals surface area contributed by atoms with Crippen LogP contribution in [0.2, 0.25) is 0 Å². The molecule has 1 unspecified atom stereocenters. The maximum Gasteiger partial charge on any atom is 0.270 e. The fraction of sp³-hybridized carbons (Fsp3) is 0.526. The minimum atomic E-state index is -0.207. The summed E-state index contributed by atoms with van der Waals surface area (Å²) in [5.41, 5.74) is 1.54. The summed E-state index contributed by atoms with van der Waals surface area (Å²) in [6.45, 7) is 4.08. The molecule has 7 heteroatoms. The topological polar surface area (TPSA) is 74.2 Å². The Labute approximate surface area is 153 Å². The number of H-pyrrole nitrogens is 1. The molecule has 26 heavy (non-hydrogen) atoms. The Balaban J connectivity index is 1.59. The van der Waals surface area contributed by atoms with E-state index >= 15 is 0 Å². The van der Waals surface area contributed by atoms with Gasteiger partial charge in [-0.3, -0.25) is 14.3 Å². The summed E-state index contributed by atoms with van der Waals surface area (Å²) in [6, 6.07) is 3.65. The molecule has 1 atom stereocenters. The van der Waals surface area contributed by atoms with E-state index in [4.69, 9.17) is 0 Å². The number of carbonyl (C=O) groups excluding carboxylic acids is 2. The second-order valence-electron chi connectivity index (χ2n) is 7.32. The molecule has 2 saturated heterocycles. The Bertz CT molecular complexity index is 802. The molecule has 1 spiro atoms. The number of aromatic nitrogens is 3. The summed E-state index contributed by atoms with van der Waals surface area (Å²) in [6.07, 6.45) is 7.82. The van der Waals surface area contributed by atoms with Crippen LogP contribution >= 0.6 is 0 Å². The van der Waals surface area contributed by atoms with Gasteiger partial charge in [0.15, 0.2) is 0 Å². The minimum absolute atomic E-state index is 0.0372. The minimum Gasteiger partial charge on any atom is -0.357 e. The van der Waals surface area contributed by atoms with Crippen LogP contribution in [0.3, 0.4) is 0 Å². The highest BCUT2D eigenvalue weighted by molar-refractivity contribution is 5.92. The fourth-order valence-corrected chi connectivity index (χ4v) is 4.80. The smallest absolute Gasteiger partial charge is 0.270 e. The molecule has 2 aliphatic heterocycles. The monoisotopic (exact) mass is 355 g/mol. The fourth-order valence-electron chi connectivity index (χ4n) is 4.80. The Morgan fingerprint density at radius 3 is 2.73 bits per heavy atom. The van der Waals surface area contributed by atoms with Crippen molar-refractivity contribution in [1.29, 1.82) is 0 Å². The van der Waals surface area contributed by atoms with E-state index < -0.39 is 0 Å². The SMILES string of the molecule is CCN1C(=O)CC(c2cnn(C)c2)C12CCN(C(=O)c1ccc[nH]1)CC2. The second-order valence-corrected chi connectivity index (χ2v) is 7.32. The van der Waals surface area contributed by atoms with Crippen LogP contribution in [-0.2, 0) is 11.8 Å². The van der Waals surface area contributed by atoms with E-state index in [1.54, 1.807) is 10.9 Å². The van der Waals surface area contributed by atoms with Gasteiger partial charge in [0.1, 0.15) is 5.69 Å². The van der Waals surface area contributed by atoms with Gasteiger partial charge in [0.25, 0.3) is 5.91 Å². The van der Waals surface area contributed by atoms with Gasteiger partial charge < -0.3 is 14.8 Å². The predicted octanol–water partition coefficient (Wildman–Crippen LogP) is 1.76.